The molecule has 0 saturated carbocycles. The van der Waals surface area contributed by atoms with E-state index in [4.69, 9.17) is 15.2 Å². The number of benzene rings is 1. The van der Waals surface area contributed by atoms with Gasteiger partial charge in [0.15, 0.2) is 12.0 Å². The molecule has 8 heteroatoms. The third kappa shape index (κ3) is 3.41. The number of nitrogens with two attached hydrogens (primary N) is 1. The average Bonchev–Trinajstić information content (AvgIpc) is 2.86. The Hall–Kier alpha value is -1.19. The minimum absolute atomic E-state index is 0.515. The first-order chi connectivity index (χ1) is 10.4. The first-order valence-corrected chi connectivity index (χ1v) is 8.55. The van der Waals surface area contributed by atoms with Crippen molar-refractivity contribution >= 4 is 16.0 Å². The zero-order valence-electron chi connectivity index (χ0n) is 12.9. The molecule has 1 fully saturated rings. The number of nitrogen functional groups attached to an aromatic ring is 1. The molecule has 1 heterocycles. The molecule has 1 aliphatic rings. The zero-order valence-corrected chi connectivity index (χ0v) is 13.7. The molecule has 0 aromatic heterocycles. The van der Waals surface area contributed by atoms with Crippen LogP contribution in [-0.4, -0.2) is 27.5 Å². The predicted molar refractivity (Wildman–Crippen MR) is 81.9 cm³/mol. The van der Waals surface area contributed by atoms with Crippen LogP contribution in [0.5, 0.6) is 0 Å². The van der Waals surface area contributed by atoms with Crippen molar-refractivity contribution in [2.75, 3.05) is 12.8 Å². The van der Waals surface area contributed by atoms with E-state index in [-0.39, 0.29) is 0 Å². The summed E-state index contributed by atoms with van der Waals surface area (Å²) in [5, 5.41) is 0. The maximum atomic E-state index is 11.7. The first kappa shape index (κ1) is 17.2. The second-order valence-electron chi connectivity index (χ2n) is 5.06. The Morgan fingerprint density at radius 2 is 1.91 bits per heavy atom. The van der Waals surface area contributed by atoms with Gasteiger partial charge < -0.3 is 15.2 Å². The van der Waals surface area contributed by atoms with Gasteiger partial charge in [0, 0.05) is 11.3 Å². The van der Waals surface area contributed by atoms with Crippen molar-refractivity contribution in [3.05, 3.63) is 29.8 Å². The van der Waals surface area contributed by atoms with Crippen LogP contribution in [0.15, 0.2) is 24.3 Å². The van der Waals surface area contributed by atoms with Gasteiger partial charge in [-0.25, -0.2) is 0 Å². The van der Waals surface area contributed by atoms with Gasteiger partial charge in [-0.05, 0) is 18.9 Å². The highest BCUT2D eigenvalue weighted by atomic mass is 32.2. The summed E-state index contributed by atoms with van der Waals surface area (Å²) in [4.78, 5) is 0. The summed E-state index contributed by atoms with van der Waals surface area (Å²) in [6.07, 6.45) is -0.392. The van der Waals surface area contributed by atoms with E-state index in [0.29, 0.717) is 24.1 Å². The highest BCUT2D eigenvalue weighted by Gasteiger charge is 2.48. The van der Waals surface area contributed by atoms with Gasteiger partial charge in [0.25, 0.3) is 0 Å². The Morgan fingerprint density at radius 1 is 1.27 bits per heavy atom. The molecule has 3 N–H and O–H groups in total. The lowest BCUT2D eigenvalue weighted by Crippen LogP contribution is -2.40. The molecular formula is C14H22N2O5S. The fraction of sp³-hybridized carbons (Fsp3) is 0.571. The Kier molecular flexibility index (Phi) is 5.08. The van der Waals surface area contributed by atoms with Crippen LogP contribution in [0.1, 0.15) is 38.4 Å². The minimum Gasteiger partial charge on any atom is -0.398 e. The van der Waals surface area contributed by atoms with Gasteiger partial charge in [-0.15, -0.1) is 0 Å². The van der Waals surface area contributed by atoms with Crippen LogP contribution >= 0.6 is 0 Å². The van der Waals surface area contributed by atoms with E-state index in [1.54, 1.807) is 18.2 Å². The van der Waals surface area contributed by atoms with E-state index in [1.807, 2.05) is 19.9 Å². The summed E-state index contributed by atoms with van der Waals surface area (Å²) >= 11 is 0. The molecule has 1 aromatic carbocycles. The van der Waals surface area contributed by atoms with E-state index in [0.717, 1.165) is 7.11 Å². The van der Waals surface area contributed by atoms with Crippen molar-refractivity contribution in [1.82, 2.24) is 4.72 Å². The topological polar surface area (TPSA) is 99.9 Å². The monoisotopic (exact) mass is 330 g/mol. The fourth-order valence-corrected chi connectivity index (χ4v) is 3.02. The fourth-order valence-electron chi connectivity index (χ4n) is 2.47. The summed E-state index contributed by atoms with van der Waals surface area (Å²) in [6, 6.07) is 7.14. The molecule has 22 heavy (non-hydrogen) atoms. The SMILES string of the molecule is CCC1(CC)O[C@H](NS(=O)(=O)OC)[C@H](c2ccccc2N)O1. The number of ether oxygens (including phenoxy) is 2. The molecule has 0 bridgehead atoms. The Labute approximate surface area is 131 Å². The van der Waals surface area contributed by atoms with Gasteiger partial charge in [-0.1, -0.05) is 32.0 Å². The van der Waals surface area contributed by atoms with Crippen molar-refractivity contribution in [3.8, 4) is 0 Å². The molecule has 0 amide bonds. The normalized spacial score (nSPS) is 24.5. The molecule has 2 rings (SSSR count). The van der Waals surface area contributed by atoms with Crippen molar-refractivity contribution in [1.29, 1.82) is 0 Å². The van der Waals surface area contributed by atoms with Gasteiger partial charge in [0.1, 0.15) is 6.10 Å². The van der Waals surface area contributed by atoms with Crippen LogP contribution < -0.4 is 10.5 Å². The Balaban J connectivity index is 2.37. The summed E-state index contributed by atoms with van der Waals surface area (Å²) < 4.78 is 42.1. The Morgan fingerprint density at radius 3 is 2.45 bits per heavy atom. The van der Waals surface area contributed by atoms with Gasteiger partial charge in [-0.3, -0.25) is 4.18 Å². The third-order valence-electron chi connectivity index (χ3n) is 3.82. The molecule has 0 unspecified atom stereocenters. The first-order valence-electron chi connectivity index (χ1n) is 7.14. The molecule has 124 valence electrons. The molecule has 7 nitrogen and oxygen atoms in total. The lowest BCUT2D eigenvalue weighted by molar-refractivity contribution is -0.180. The Bertz CT molecular complexity index is 615. The van der Waals surface area contributed by atoms with Crippen molar-refractivity contribution < 1.29 is 22.1 Å². The van der Waals surface area contributed by atoms with Crippen molar-refractivity contribution in [2.45, 2.75) is 44.8 Å². The van der Waals surface area contributed by atoms with E-state index in [9.17, 15) is 8.42 Å². The summed E-state index contributed by atoms with van der Waals surface area (Å²) in [5.74, 6) is -0.853. The zero-order chi connectivity index (χ0) is 16.4. The van der Waals surface area contributed by atoms with Crippen LogP contribution in [0.2, 0.25) is 0 Å². The van der Waals surface area contributed by atoms with Crippen LogP contribution in [-0.2, 0) is 24.0 Å². The van der Waals surface area contributed by atoms with Gasteiger partial charge in [0.2, 0.25) is 0 Å². The van der Waals surface area contributed by atoms with Crippen LogP contribution in [0.25, 0.3) is 0 Å². The second-order valence-corrected chi connectivity index (χ2v) is 6.54. The maximum Gasteiger partial charge on any atom is 0.337 e. The van der Waals surface area contributed by atoms with Gasteiger partial charge >= 0.3 is 10.3 Å². The van der Waals surface area contributed by atoms with E-state index in [2.05, 4.69) is 8.91 Å². The summed E-state index contributed by atoms with van der Waals surface area (Å²) in [7, 11) is -2.84. The van der Waals surface area contributed by atoms with Crippen molar-refractivity contribution in [2.24, 2.45) is 0 Å². The maximum absolute atomic E-state index is 11.7. The van der Waals surface area contributed by atoms with Gasteiger partial charge in [-0.2, -0.15) is 13.1 Å². The van der Waals surface area contributed by atoms with Gasteiger partial charge in [0.05, 0.1) is 7.11 Å². The molecule has 1 aliphatic heterocycles. The molecule has 0 spiro atoms. The largest absolute Gasteiger partial charge is 0.398 e. The molecule has 0 aliphatic carbocycles. The number of hydrogen-bond acceptors (Lipinski definition) is 6. The summed E-state index contributed by atoms with van der Waals surface area (Å²) in [6.45, 7) is 3.84. The number of rotatable bonds is 6. The predicted octanol–water partition coefficient (Wildman–Crippen LogP) is 1.68. The van der Waals surface area contributed by atoms with Crippen LogP contribution in [0.3, 0.4) is 0 Å². The standard InChI is InChI=1S/C14H22N2O5S/c1-4-14(5-2)20-12(10-8-6-7-9-11(10)15)13(21-14)16-22(17,18)19-3/h6-9,12-13,16H,4-5,15H2,1-3H3/t12-,13-/m0/s1. The van der Waals surface area contributed by atoms with Crippen LogP contribution in [0, 0.1) is 0 Å². The summed E-state index contributed by atoms with van der Waals surface area (Å²) in [5.41, 5.74) is 7.18. The minimum atomic E-state index is -3.92. The lowest BCUT2D eigenvalue weighted by atomic mass is 10.1. The smallest absolute Gasteiger partial charge is 0.337 e. The molecule has 0 radical (unpaired) electrons. The highest BCUT2D eigenvalue weighted by Crippen LogP contribution is 2.42. The second kappa shape index (κ2) is 6.51. The number of para-hydroxylation sites is 1. The number of nitrogens with one attached hydrogen (secondary N) is 1. The van der Waals surface area contributed by atoms with E-state index in [1.165, 1.54) is 0 Å². The van der Waals surface area contributed by atoms with Crippen LogP contribution in [0.4, 0.5) is 5.69 Å². The molecular weight excluding hydrogens is 308 g/mol. The quantitative estimate of drug-likeness (QED) is 0.770. The third-order valence-corrected chi connectivity index (χ3v) is 4.78. The number of hydrogen-bond donors (Lipinski definition) is 2. The van der Waals surface area contributed by atoms with Crippen molar-refractivity contribution in [3.63, 3.8) is 0 Å². The van der Waals surface area contributed by atoms with E-state index < -0.39 is 28.4 Å². The molecule has 1 aromatic rings. The molecule has 2 atom stereocenters. The van der Waals surface area contributed by atoms with E-state index >= 15 is 0 Å². The molecule has 1 saturated heterocycles. The lowest BCUT2D eigenvalue weighted by Gasteiger charge is -2.25. The average molecular weight is 330 g/mol. The number of anilines is 1. The highest BCUT2D eigenvalue weighted by molar-refractivity contribution is 7.84.